The van der Waals surface area contributed by atoms with Gasteiger partial charge in [0.1, 0.15) is 0 Å². The molecule has 1 aromatic carbocycles. The molecule has 1 N–H and O–H groups in total. The molecule has 0 aliphatic rings. The van der Waals surface area contributed by atoms with E-state index in [1.807, 2.05) is 24.3 Å². The molecule has 0 radical (unpaired) electrons. The average molecular weight is 367 g/mol. The Morgan fingerprint density at radius 3 is 2.24 bits per heavy atom. The Bertz CT molecular complexity index is 466. The Kier molecular flexibility index (Phi) is 4.97. The standard InChI is InChI=1S/C12H18INO2S/c1-12(2,17(3,15)16)9-14-8-10-4-6-11(13)7-5-10/h4-7,14H,8-9H2,1-3H3. The number of rotatable bonds is 5. The second-order valence-electron chi connectivity index (χ2n) is 4.76. The van der Waals surface area contributed by atoms with Gasteiger partial charge in [-0.3, -0.25) is 0 Å². The smallest absolute Gasteiger partial charge is 0.153 e. The third kappa shape index (κ3) is 4.56. The van der Waals surface area contributed by atoms with Gasteiger partial charge in [0.15, 0.2) is 9.84 Å². The predicted molar refractivity (Wildman–Crippen MR) is 79.8 cm³/mol. The lowest BCUT2D eigenvalue weighted by Gasteiger charge is -2.22. The van der Waals surface area contributed by atoms with Gasteiger partial charge in [-0.15, -0.1) is 0 Å². The Hall–Kier alpha value is -0.140. The van der Waals surface area contributed by atoms with Crippen LogP contribution < -0.4 is 5.32 Å². The first-order chi connectivity index (χ1) is 7.72. The number of nitrogens with one attached hydrogen (secondary N) is 1. The van der Waals surface area contributed by atoms with Crippen LogP contribution in [0.4, 0.5) is 0 Å². The van der Waals surface area contributed by atoms with Gasteiger partial charge in [-0.05, 0) is 54.1 Å². The maximum absolute atomic E-state index is 11.5. The molecule has 0 saturated carbocycles. The zero-order chi connectivity index (χ0) is 13.1. The Labute approximate surface area is 117 Å². The average Bonchev–Trinajstić information content (AvgIpc) is 2.19. The molecule has 5 heteroatoms. The van der Waals surface area contributed by atoms with E-state index in [-0.39, 0.29) is 0 Å². The molecule has 0 amide bonds. The molecular weight excluding hydrogens is 349 g/mol. The zero-order valence-electron chi connectivity index (χ0n) is 10.3. The van der Waals surface area contributed by atoms with Gasteiger partial charge in [-0.25, -0.2) is 8.42 Å². The summed E-state index contributed by atoms with van der Waals surface area (Å²) in [6.45, 7) is 4.63. The largest absolute Gasteiger partial charge is 0.311 e. The van der Waals surface area contributed by atoms with Crippen LogP contribution >= 0.6 is 22.6 Å². The van der Waals surface area contributed by atoms with E-state index in [1.165, 1.54) is 9.83 Å². The number of sulfone groups is 1. The first kappa shape index (κ1) is 14.9. The van der Waals surface area contributed by atoms with Crippen LogP contribution in [0.2, 0.25) is 0 Å². The molecule has 3 nitrogen and oxygen atoms in total. The van der Waals surface area contributed by atoms with Crippen LogP contribution in [0.1, 0.15) is 19.4 Å². The van der Waals surface area contributed by atoms with Gasteiger partial charge in [0.25, 0.3) is 0 Å². The fourth-order valence-electron chi connectivity index (χ4n) is 1.24. The second-order valence-corrected chi connectivity index (χ2v) is 8.66. The summed E-state index contributed by atoms with van der Waals surface area (Å²) in [5.74, 6) is 0. The van der Waals surface area contributed by atoms with E-state index in [0.29, 0.717) is 13.1 Å². The van der Waals surface area contributed by atoms with Crippen LogP contribution in [0.3, 0.4) is 0 Å². The maximum atomic E-state index is 11.5. The van der Waals surface area contributed by atoms with Crippen molar-refractivity contribution in [3.63, 3.8) is 0 Å². The molecular formula is C12H18INO2S. The molecule has 0 saturated heterocycles. The summed E-state index contributed by atoms with van der Waals surface area (Å²) in [4.78, 5) is 0. The molecule has 0 aliphatic heterocycles. The first-order valence-electron chi connectivity index (χ1n) is 5.37. The molecule has 0 bridgehead atoms. The van der Waals surface area contributed by atoms with Crippen molar-refractivity contribution in [3.8, 4) is 0 Å². The Balaban J connectivity index is 2.51. The lowest BCUT2D eigenvalue weighted by atomic mass is 10.2. The second kappa shape index (κ2) is 5.67. The van der Waals surface area contributed by atoms with Crippen molar-refractivity contribution in [2.24, 2.45) is 0 Å². The number of halogens is 1. The topological polar surface area (TPSA) is 46.2 Å². The first-order valence-corrected chi connectivity index (χ1v) is 8.34. The van der Waals surface area contributed by atoms with Crippen molar-refractivity contribution in [2.45, 2.75) is 25.1 Å². The van der Waals surface area contributed by atoms with Crippen molar-refractivity contribution in [3.05, 3.63) is 33.4 Å². The summed E-state index contributed by atoms with van der Waals surface area (Å²) >= 11 is 2.26. The third-order valence-corrected chi connectivity index (χ3v) is 5.67. The highest BCUT2D eigenvalue weighted by Gasteiger charge is 2.29. The van der Waals surface area contributed by atoms with Crippen LogP contribution in [-0.4, -0.2) is 26.0 Å². The van der Waals surface area contributed by atoms with Gasteiger partial charge in [0.2, 0.25) is 0 Å². The van der Waals surface area contributed by atoms with E-state index in [4.69, 9.17) is 0 Å². The minimum absolute atomic E-state index is 0.456. The highest BCUT2D eigenvalue weighted by atomic mass is 127. The highest BCUT2D eigenvalue weighted by molar-refractivity contribution is 14.1. The normalized spacial score (nSPS) is 12.7. The predicted octanol–water partition coefficient (Wildman–Crippen LogP) is 2.20. The van der Waals surface area contributed by atoms with Gasteiger partial charge in [-0.1, -0.05) is 12.1 Å². The highest BCUT2D eigenvalue weighted by Crippen LogP contribution is 2.14. The van der Waals surface area contributed by atoms with Gasteiger partial charge in [0, 0.05) is 22.9 Å². The van der Waals surface area contributed by atoms with E-state index in [0.717, 1.165) is 5.56 Å². The lowest BCUT2D eigenvalue weighted by molar-refractivity contribution is 0.521. The zero-order valence-corrected chi connectivity index (χ0v) is 13.3. The molecule has 1 rings (SSSR count). The van der Waals surface area contributed by atoms with Crippen LogP contribution in [0.5, 0.6) is 0 Å². The summed E-state index contributed by atoms with van der Waals surface area (Å²) in [5, 5.41) is 3.19. The SMILES string of the molecule is CC(C)(CNCc1ccc(I)cc1)S(C)(=O)=O. The minimum Gasteiger partial charge on any atom is -0.311 e. The molecule has 96 valence electrons. The quantitative estimate of drug-likeness (QED) is 0.812. The number of benzene rings is 1. The Morgan fingerprint density at radius 2 is 1.76 bits per heavy atom. The van der Waals surface area contributed by atoms with E-state index in [2.05, 4.69) is 27.9 Å². The molecule has 1 aromatic rings. The molecule has 0 atom stereocenters. The van der Waals surface area contributed by atoms with Crippen molar-refractivity contribution >= 4 is 32.4 Å². The van der Waals surface area contributed by atoms with Gasteiger partial charge < -0.3 is 5.32 Å². The van der Waals surface area contributed by atoms with Crippen molar-refractivity contribution < 1.29 is 8.42 Å². The maximum Gasteiger partial charge on any atom is 0.153 e. The van der Waals surface area contributed by atoms with E-state index >= 15 is 0 Å². The summed E-state index contributed by atoms with van der Waals surface area (Å²) < 4.78 is 23.5. The Morgan fingerprint density at radius 1 is 1.24 bits per heavy atom. The fraction of sp³-hybridized carbons (Fsp3) is 0.500. The summed E-state index contributed by atoms with van der Waals surface area (Å²) in [6, 6.07) is 8.17. The summed E-state index contributed by atoms with van der Waals surface area (Å²) in [5.41, 5.74) is 1.16. The van der Waals surface area contributed by atoms with Gasteiger partial charge >= 0.3 is 0 Å². The van der Waals surface area contributed by atoms with E-state index in [1.54, 1.807) is 13.8 Å². The monoisotopic (exact) mass is 367 g/mol. The van der Waals surface area contributed by atoms with Crippen LogP contribution in [0.25, 0.3) is 0 Å². The molecule has 0 spiro atoms. The minimum atomic E-state index is -3.03. The molecule has 0 aromatic heterocycles. The number of hydrogen-bond acceptors (Lipinski definition) is 3. The van der Waals surface area contributed by atoms with Crippen LogP contribution in [0.15, 0.2) is 24.3 Å². The van der Waals surface area contributed by atoms with E-state index < -0.39 is 14.6 Å². The lowest BCUT2D eigenvalue weighted by Crippen LogP contribution is -2.41. The third-order valence-electron chi connectivity index (χ3n) is 2.80. The molecule has 0 heterocycles. The molecule has 0 aliphatic carbocycles. The molecule has 17 heavy (non-hydrogen) atoms. The van der Waals surface area contributed by atoms with Crippen molar-refractivity contribution in [1.82, 2.24) is 5.32 Å². The van der Waals surface area contributed by atoms with Gasteiger partial charge in [-0.2, -0.15) is 0 Å². The molecule has 0 unspecified atom stereocenters. The summed E-state index contributed by atoms with van der Waals surface area (Å²) in [6.07, 6.45) is 1.28. The van der Waals surface area contributed by atoms with Crippen LogP contribution in [0, 0.1) is 3.57 Å². The van der Waals surface area contributed by atoms with Gasteiger partial charge in [0.05, 0.1) is 4.75 Å². The van der Waals surface area contributed by atoms with Crippen LogP contribution in [-0.2, 0) is 16.4 Å². The van der Waals surface area contributed by atoms with Crippen molar-refractivity contribution in [2.75, 3.05) is 12.8 Å². The van der Waals surface area contributed by atoms with Crippen molar-refractivity contribution in [1.29, 1.82) is 0 Å². The fourth-order valence-corrected chi connectivity index (χ4v) is 1.97. The van der Waals surface area contributed by atoms with E-state index in [9.17, 15) is 8.42 Å². The summed E-state index contributed by atoms with van der Waals surface area (Å²) in [7, 11) is -3.03. The number of hydrogen-bond donors (Lipinski definition) is 1. The molecule has 0 fully saturated rings.